The molecule has 2 aliphatic heterocycles. The first kappa shape index (κ1) is 16.4. The summed E-state index contributed by atoms with van der Waals surface area (Å²) in [7, 11) is 0. The van der Waals surface area contributed by atoms with Crippen molar-refractivity contribution in [3.8, 4) is 0 Å². The molecule has 2 aliphatic rings. The van der Waals surface area contributed by atoms with Gasteiger partial charge in [-0.15, -0.1) is 0 Å². The Bertz CT molecular complexity index is 832. The minimum Gasteiger partial charge on any atom is -0.314 e. The molecule has 0 bridgehead atoms. The van der Waals surface area contributed by atoms with Crippen LogP contribution in [0.1, 0.15) is 41.5 Å². The predicted octanol–water partition coefficient (Wildman–Crippen LogP) is 2.26. The molecule has 1 fully saturated rings. The molecule has 1 atom stereocenters. The third-order valence-electron chi connectivity index (χ3n) is 4.90. The number of hydrogen-bond acceptors (Lipinski definition) is 5. The number of amides is 1. The fourth-order valence-corrected chi connectivity index (χ4v) is 3.77. The zero-order valence-electron chi connectivity index (χ0n) is 14.2. The van der Waals surface area contributed by atoms with E-state index in [0.717, 1.165) is 30.9 Å². The van der Waals surface area contributed by atoms with E-state index in [0.29, 0.717) is 16.4 Å². The third-order valence-corrected chi connectivity index (χ3v) is 5.14. The largest absolute Gasteiger partial charge is 0.314 e. The van der Waals surface area contributed by atoms with E-state index < -0.39 is 5.54 Å². The van der Waals surface area contributed by atoms with Gasteiger partial charge in [0.2, 0.25) is 0 Å². The second-order valence-corrected chi connectivity index (χ2v) is 7.34. The quantitative estimate of drug-likeness (QED) is 0.862. The second-order valence-electron chi connectivity index (χ2n) is 6.90. The second kappa shape index (κ2) is 6.05. The van der Waals surface area contributed by atoms with Gasteiger partial charge >= 0.3 is 0 Å². The molecule has 3 heterocycles. The van der Waals surface area contributed by atoms with E-state index in [1.54, 1.807) is 29.4 Å². The van der Waals surface area contributed by atoms with Crippen LogP contribution in [-0.4, -0.2) is 35.5 Å². The van der Waals surface area contributed by atoms with Crippen molar-refractivity contribution in [2.24, 2.45) is 0 Å². The highest BCUT2D eigenvalue weighted by molar-refractivity contribution is 6.31. The predicted molar refractivity (Wildman–Crippen MR) is 96.9 cm³/mol. The van der Waals surface area contributed by atoms with Crippen LogP contribution in [0, 0.1) is 0 Å². The summed E-state index contributed by atoms with van der Waals surface area (Å²) in [6.07, 6.45) is 3.40. The van der Waals surface area contributed by atoms with E-state index >= 15 is 0 Å². The van der Waals surface area contributed by atoms with Gasteiger partial charge in [-0.2, -0.15) is 0 Å². The third kappa shape index (κ3) is 2.70. The topological polar surface area (TPSA) is 70.2 Å². The molecular formula is C18H20ClN5O. The minimum atomic E-state index is -0.539. The number of fused-ring (bicyclic) bond motifs is 1. The van der Waals surface area contributed by atoms with Crippen LogP contribution in [0.25, 0.3) is 0 Å². The van der Waals surface area contributed by atoms with Gasteiger partial charge < -0.3 is 10.6 Å². The van der Waals surface area contributed by atoms with Crippen LogP contribution in [0.15, 0.2) is 30.6 Å². The van der Waals surface area contributed by atoms with Crippen molar-refractivity contribution in [3.63, 3.8) is 0 Å². The Morgan fingerprint density at radius 1 is 1.28 bits per heavy atom. The van der Waals surface area contributed by atoms with E-state index in [1.807, 2.05) is 19.9 Å². The van der Waals surface area contributed by atoms with Crippen molar-refractivity contribution >= 4 is 23.3 Å². The highest BCUT2D eigenvalue weighted by Crippen LogP contribution is 2.42. The number of aromatic nitrogens is 2. The van der Waals surface area contributed by atoms with Crippen molar-refractivity contribution in [2.75, 3.05) is 24.5 Å². The molecule has 0 aliphatic carbocycles. The fourth-order valence-electron chi connectivity index (χ4n) is 3.60. The lowest BCUT2D eigenvalue weighted by molar-refractivity contribution is 0.0981. The molecule has 0 saturated carbocycles. The molecule has 25 heavy (non-hydrogen) atoms. The number of carbonyl (C=O) groups excluding carboxylic acids is 1. The Morgan fingerprint density at radius 2 is 2.12 bits per heavy atom. The monoisotopic (exact) mass is 357 g/mol. The number of anilines is 1. The zero-order valence-corrected chi connectivity index (χ0v) is 15.0. The summed E-state index contributed by atoms with van der Waals surface area (Å²) < 4.78 is 0. The maximum atomic E-state index is 13.0. The molecule has 1 amide bonds. The van der Waals surface area contributed by atoms with E-state index in [-0.39, 0.29) is 11.9 Å². The molecule has 130 valence electrons. The van der Waals surface area contributed by atoms with Gasteiger partial charge in [0, 0.05) is 30.2 Å². The van der Waals surface area contributed by atoms with Crippen LogP contribution >= 0.6 is 11.6 Å². The van der Waals surface area contributed by atoms with Gasteiger partial charge in [0.05, 0.1) is 29.7 Å². The number of nitrogens with one attached hydrogen (secondary N) is 2. The summed E-state index contributed by atoms with van der Waals surface area (Å²) in [5.41, 5.74) is 1.87. The summed E-state index contributed by atoms with van der Waals surface area (Å²) in [4.78, 5) is 23.8. The van der Waals surface area contributed by atoms with Crippen LogP contribution in [-0.2, 0) is 5.54 Å². The van der Waals surface area contributed by atoms with Crippen LogP contribution in [0.4, 0.5) is 5.82 Å². The van der Waals surface area contributed by atoms with Gasteiger partial charge in [-0.1, -0.05) is 11.6 Å². The molecule has 1 unspecified atom stereocenters. The lowest BCUT2D eigenvalue weighted by Crippen LogP contribution is -2.43. The summed E-state index contributed by atoms with van der Waals surface area (Å²) in [5, 5.41) is 7.39. The van der Waals surface area contributed by atoms with Gasteiger partial charge in [-0.05, 0) is 37.6 Å². The number of benzene rings is 1. The molecule has 4 rings (SSSR count). The molecule has 1 aromatic heterocycles. The molecule has 7 heteroatoms. The average Bonchev–Trinajstić information content (AvgIpc) is 2.81. The van der Waals surface area contributed by atoms with Gasteiger partial charge in [0.15, 0.2) is 5.82 Å². The molecule has 6 nitrogen and oxygen atoms in total. The van der Waals surface area contributed by atoms with Crippen LogP contribution < -0.4 is 15.5 Å². The molecule has 1 aromatic carbocycles. The zero-order chi connectivity index (χ0) is 17.6. The molecular weight excluding hydrogens is 338 g/mol. The van der Waals surface area contributed by atoms with Crippen LogP contribution in [0.2, 0.25) is 5.02 Å². The highest BCUT2D eigenvalue weighted by atomic mass is 35.5. The molecule has 2 aromatic rings. The maximum Gasteiger partial charge on any atom is 0.260 e. The Kier molecular flexibility index (Phi) is 3.98. The normalized spacial score (nSPS) is 22.1. The maximum absolute atomic E-state index is 13.0. The molecule has 0 radical (unpaired) electrons. The van der Waals surface area contributed by atoms with Crippen molar-refractivity contribution < 1.29 is 4.79 Å². The van der Waals surface area contributed by atoms with E-state index in [9.17, 15) is 4.79 Å². The van der Waals surface area contributed by atoms with Crippen molar-refractivity contribution in [1.82, 2.24) is 20.6 Å². The standard InChI is InChI=1S/C18H20ClN5O/c1-18(2)13-7-11(19)3-4-12(13)17(25)24(18)16-10-21-9-15(23-16)14-8-20-5-6-22-14/h3-4,7,9-10,14,20,22H,5-6,8H2,1-2H3. The van der Waals surface area contributed by atoms with E-state index in [2.05, 4.69) is 15.6 Å². The molecule has 2 N–H and O–H groups in total. The summed E-state index contributed by atoms with van der Waals surface area (Å²) in [6, 6.07) is 5.49. The molecule has 0 spiro atoms. The van der Waals surface area contributed by atoms with Crippen LogP contribution in [0.3, 0.4) is 0 Å². The minimum absolute atomic E-state index is 0.0714. The van der Waals surface area contributed by atoms with Crippen molar-refractivity contribution in [1.29, 1.82) is 0 Å². The number of halogens is 1. The number of piperazine rings is 1. The first-order chi connectivity index (χ1) is 12.0. The lowest BCUT2D eigenvalue weighted by atomic mass is 9.94. The van der Waals surface area contributed by atoms with E-state index in [1.165, 1.54) is 0 Å². The average molecular weight is 358 g/mol. The number of hydrogen-bond donors (Lipinski definition) is 2. The Labute approximate surface area is 151 Å². The lowest BCUT2D eigenvalue weighted by Gasteiger charge is -2.32. The number of rotatable bonds is 2. The Balaban J connectivity index is 1.74. The molecule has 1 saturated heterocycles. The Morgan fingerprint density at radius 3 is 2.88 bits per heavy atom. The Hall–Kier alpha value is -2.02. The number of carbonyl (C=O) groups is 1. The summed E-state index contributed by atoms with van der Waals surface area (Å²) in [6.45, 7) is 6.63. The number of nitrogens with zero attached hydrogens (tertiary/aromatic N) is 3. The first-order valence-corrected chi connectivity index (χ1v) is 8.77. The fraction of sp³-hybridized carbons (Fsp3) is 0.389. The smallest absolute Gasteiger partial charge is 0.260 e. The summed E-state index contributed by atoms with van der Waals surface area (Å²) >= 11 is 6.15. The van der Waals surface area contributed by atoms with Gasteiger partial charge in [0.25, 0.3) is 5.91 Å². The highest BCUT2D eigenvalue weighted by Gasteiger charge is 2.44. The van der Waals surface area contributed by atoms with Crippen molar-refractivity contribution in [3.05, 3.63) is 52.4 Å². The van der Waals surface area contributed by atoms with Gasteiger partial charge in [-0.3, -0.25) is 14.7 Å². The van der Waals surface area contributed by atoms with Gasteiger partial charge in [-0.25, -0.2) is 4.98 Å². The first-order valence-electron chi connectivity index (χ1n) is 8.39. The van der Waals surface area contributed by atoms with Crippen LogP contribution in [0.5, 0.6) is 0 Å². The van der Waals surface area contributed by atoms with E-state index in [4.69, 9.17) is 16.6 Å². The summed E-state index contributed by atoms with van der Waals surface area (Å²) in [5.74, 6) is 0.491. The van der Waals surface area contributed by atoms with Gasteiger partial charge in [0.1, 0.15) is 0 Å². The van der Waals surface area contributed by atoms with Crippen molar-refractivity contribution in [2.45, 2.75) is 25.4 Å². The SMILES string of the molecule is CC1(C)c2cc(Cl)ccc2C(=O)N1c1cncc(C2CNCCN2)n1.